The molecule has 20 heavy (non-hydrogen) atoms. The number of pyridine rings is 1. The summed E-state index contributed by atoms with van der Waals surface area (Å²) in [5.74, 6) is 0. The molecule has 2 nitrogen and oxygen atoms in total. The molecule has 0 saturated carbocycles. The molecule has 2 aromatic carbocycles. The van der Waals surface area contributed by atoms with E-state index in [-0.39, 0.29) is 6.04 Å². The van der Waals surface area contributed by atoms with Crippen LogP contribution in [0, 0.1) is 6.92 Å². The second kappa shape index (κ2) is 5.23. The number of nitrogens with zero attached hydrogens (tertiary/aromatic N) is 1. The topological polar surface area (TPSA) is 38.9 Å². The monoisotopic (exact) mass is 282 g/mol. The van der Waals surface area contributed by atoms with Crippen molar-refractivity contribution < 1.29 is 0 Å². The van der Waals surface area contributed by atoms with E-state index in [1.807, 2.05) is 49.5 Å². The third-order valence-electron chi connectivity index (χ3n) is 3.69. The maximum Gasteiger partial charge on any atom is 0.0560 e. The van der Waals surface area contributed by atoms with Gasteiger partial charge in [0.2, 0.25) is 0 Å². The van der Waals surface area contributed by atoms with Crippen LogP contribution in [-0.4, -0.2) is 4.98 Å². The van der Waals surface area contributed by atoms with Gasteiger partial charge in [0.05, 0.1) is 6.04 Å². The fraction of sp³-hybridized carbons (Fsp3) is 0.118. The van der Waals surface area contributed by atoms with Crippen LogP contribution < -0.4 is 5.73 Å². The number of nitrogens with two attached hydrogens (primary N) is 1. The van der Waals surface area contributed by atoms with Crippen molar-refractivity contribution in [2.45, 2.75) is 13.0 Å². The second-order valence-electron chi connectivity index (χ2n) is 4.88. The Morgan fingerprint density at radius 1 is 1.05 bits per heavy atom. The Balaban J connectivity index is 2.18. The Hall–Kier alpha value is -1.90. The smallest absolute Gasteiger partial charge is 0.0560 e. The third kappa shape index (κ3) is 2.17. The van der Waals surface area contributed by atoms with Crippen molar-refractivity contribution in [2.75, 3.05) is 0 Å². The van der Waals surface area contributed by atoms with Gasteiger partial charge in [0.25, 0.3) is 0 Å². The van der Waals surface area contributed by atoms with E-state index in [0.29, 0.717) is 0 Å². The molecule has 1 heterocycles. The molecular formula is C17H15ClN2. The molecule has 100 valence electrons. The summed E-state index contributed by atoms with van der Waals surface area (Å²) < 4.78 is 0. The highest BCUT2D eigenvalue weighted by Gasteiger charge is 2.15. The van der Waals surface area contributed by atoms with Gasteiger partial charge in [0, 0.05) is 22.8 Å². The van der Waals surface area contributed by atoms with E-state index >= 15 is 0 Å². The summed E-state index contributed by atoms with van der Waals surface area (Å²) in [6, 6.07) is 13.8. The Kier molecular flexibility index (Phi) is 3.43. The minimum absolute atomic E-state index is 0.195. The minimum atomic E-state index is -0.195. The first-order valence-corrected chi connectivity index (χ1v) is 6.89. The van der Waals surface area contributed by atoms with Gasteiger partial charge in [-0.25, -0.2) is 0 Å². The highest BCUT2D eigenvalue weighted by atomic mass is 35.5. The lowest BCUT2D eigenvalue weighted by Gasteiger charge is -2.18. The standard InChI is InChI=1S/C17H15ClN2/c1-11-13(5-3-7-16(11)18)17(19)15-6-2-4-12-10-20-9-8-14(12)15/h2-10,17H,19H2,1H3. The summed E-state index contributed by atoms with van der Waals surface area (Å²) in [5, 5.41) is 2.98. The van der Waals surface area contributed by atoms with Crippen LogP contribution in [0.5, 0.6) is 0 Å². The van der Waals surface area contributed by atoms with Gasteiger partial charge in [0.1, 0.15) is 0 Å². The Bertz CT molecular complexity index is 763. The van der Waals surface area contributed by atoms with Crippen molar-refractivity contribution >= 4 is 22.4 Å². The predicted molar refractivity (Wildman–Crippen MR) is 84.0 cm³/mol. The molecule has 0 aliphatic carbocycles. The lowest BCUT2D eigenvalue weighted by atomic mass is 9.92. The molecule has 1 atom stereocenters. The number of fused-ring (bicyclic) bond motifs is 1. The summed E-state index contributed by atoms with van der Waals surface area (Å²) in [7, 11) is 0. The van der Waals surface area contributed by atoms with Gasteiger partial charge in [-0.05, 0) is 41.1 Å². The number of rotatable bonds is 2. The van der Waals surface area contributed by atoms with E-state index in [1.165, 1.54) is 0 Å². The zero-order valence-electron chi connectivity index (χ0n) is 11.2. The number of hydrogen-bond acceptors (Lipinski definition) is 2. The van der Waals surface area contributed by atoms with Gasteiger partial charge in [-0.3, -0.25) is 4.98 Å². The summed E-state index contributed by atoms with van der Waals surface area (Å²) >= 11 is 6.20. The van der Waals surface area contributed by atoms with E-state index in [4.69, 9.17) is 17.3 Å². The molecule has 1 unspecified atom stereocenters. The van der Waals surface area contributed by atoms with Crippen molar-refractivity contribution in [1.82, 2.24) is 4.98 Å². The molecule has 3 rings (SSSR count). The maximum atomic E-state index is 6.47. The van der Waals surface area contributed by atoms with Crippen LogP contribution in [0.1, 0.15) is 22.7 Å². The van der Waals surface area contributed by atoms with Gasteiger partial charge in [0.15, 0.2) is 0 Å². The van der Waals surface area contributed by atoms with Gasteiger partial charge < -0.3 is 5.73 Å². The molecule has 2 N–H and O–H groups in total. The molecule has 0 saturated heterocycles. The third-order valence-corrected chi connectivity index (χ3v) is 4.10. The van der Waals surface area contributed by atoms with Crippen molar-refractivity contribution in [1.29, 1.82) is 0 Å². The van der Waals surface area contributed by atoms with Crippen LogP contribution in [0.2, 0.25) is 5.02 Å². The predicted octanol–water partition coefficient (Wildman–Crippen LogP) is 4.24. The number of benzene rings is 2. The van der Waals surface area contributed by atoms with Crippen molar-refractivity contribution in [3.63, 3.8) is 0 Å². The summed E-state index contributed by atoms with van der Waals surface area (Å²) in [6.45, 7) is 2.00. The fourth-order valence-electron chi connectivity index (χ4n) is 2.55. The molecule has 1 aromatic heterocycles. The molecule has 3 aromatic rings. The molecule has 0 amide bonds. The lowest BCUT2D eigenvalue weighted by molar-refractivity contribution is 0.870. The highest BCUT2D eigenvalue weighted by Crippen LogP contribution is 2.30. The van der Waals surface area contributed by atoms with Crippen LogP contribution in [0.25, 0.3) is 10.8 Å². The van der Waals surface area contributed by atoms with Gasteiger partial charge in [-0.2, -0.15) is 0 Å². The largest absolute Gasteiger partial charge is 0.320 e. The van der Waals surface area contributed by atoms with E-state index < -0.39 is 0 Å². The molecule has 0 radical (unpaired) electrons. The van der Waals surface area contributed by atoms with Gasteiger partial charge >= 0.3 is 0 Å². The Morgan fingerprint density at radius 2 is 1.80 bits per heavy atom. The summed E-state index contributed by atoms with van der Waals surface area (Å²) in [6.07, 6.45) is 3.65. The fourth-order valence-corrected chi connectivity index (χ4v) is 2.73. The number of halogens is 1. The number of aromatic nitrogens is 1. The zero-order valence-corrected chi connectivity index (χ0v) is 11.9. The van der Waals surface area contributed by atoms with E-state index in [0.717, 1.165) is 32.5 Å². The molecule has 0 fully saturated rings. The van der Waals surface area contributed by atoms with Crippen LogP contribution >= 0.6 is 11.6 Å². The average molecular weight is 283 g/mol. The van der Waals surface area contributed by atoms with Crippen LogP contribution in [0.4, 0.5) is 0 Å². The van der Waals surface area contributed by atoms with Crippen LogP contribution in [0.15, 0.2) is 54.9 Å². The molecule has 0 spiro atoms. The first-order valence-electron chi connectivity index (χ1n) is 6.51. The first-order chi connectivity index (χ1) is 9.68. The summed E-state index contributed by atoms with van der Waals surface area (Å²) in [5.41, 5.74) is 9.66. The van der Waals surface area contributed by atoms with Crippen LogP contribution in [-0.2, 0) is 0 Å². The van der Waals surface area contributed by atoms with E-state index in [9.17, 15) is 0 Å². The van der Waals surface area contributed by atoms with Gasteiger partial charge in [-0.15, -0.1) is 0 Å². The van der Waals surface area contributed by atoms with Crippen molar-refractivity contribution in [3.8, 4) is 0 Å². The Labute approximate surface area is 123 Å². The second-order valence-corrected chi connectivity index (χ2v) is 5.28. The molecule has 0 aliphatic rings. The highest BCUT2D eigenvalue weighted by molar-refractivity contribution is 6.31. The lowest BCUT2D eigenvalue weighted by Crippen LogP contribution is -2.13. The van der Waals surface area contributed by atoms with Crippen molar-refractivity contribution in [2.24, 2.45) is 5.73 Å². The molecule has 0 bridgehead atoms. The number of hydrogen-bond donors (Lipinski definition) is 1. The SMILES string of the molecule is Cc1c(Cl)cccc1C(N)c1cccc2cnccc12. The molecule has 3 heteroatoms. The zero-order chi connectivity index (χ0) is 14.1. The average Bonchev–Trinajstić information content (AvgIpc) is 2.49. The first kappa shape index (κ1) is 13.1. The normalized spacial score (nSPS) is 12.6. The van der Waals surface area contributed by atoms with Crippen LogP contribution in [0.3, 0.4) is 0 Å². The minimum Gasteiger partial charge on any atom is -0.320 e. The van der Waals surface area contributed by atoms with Crippen molar-refractivity contribution in [3.05, 3.63) is 76.6 Å². The van der Waals surface area contributed by atoms with Gasteiger partial charge in [-0.1, -0.05) is 41.9 Å². The molecular weight excluding hydrogens is 268 g/mol. The molecule has 0 aliphatic heterocycles. The Morgan fingerprint density at radius 3 is 2.65 bits per heavy atom. The summed E-state index contributed by atoms with van der Waals surface area (Å²) in [4.78, 5) is 4.16. The quantitative estimate of drug-likeness (QED) is 0.763. The maximum absolute atomic E-state index is 6.47. The van der Waals surface area contributed by atoms with E-state index in [1.54, 1.807) is 6.20 Å². The van der Waals surface area contributed by atoms with E-state index in [2.05, 4.69) is 11.1 Å².